The summed E-state index contributed by atoms with van der Waals surface area (Å²) in [6.45, 7) is 6.95. The van der Waals surface area contributed by atoms with Gasteiger partial charge in [-0.2, -0.15) is 0 Å². The summed E-state index contributed by atoms with van der Waals surface area (Å²) < 4.78 is 0. The van der Waals surface area contributed by atoms with Crippen LogP contribution < -0.4 is 0 Å². The zero-order chi connectivity index (χ0) is 21.5. The van der Waals surface area contributed by atoms with Crippen LogP contribution in [0.2, 0.25) is 0 Å². The van der Waals surface area contributed by atoms with E-state index in [0.717, 1.165) is 12.8 Å². The van der Waals surface area contributed by atoms with Crippen molar-refractivity contribution in [1.82, 2.24) is 0 Å². The molecule has 0 radical (unpaired) electrons. The van der Waals surface area contributed by atoms with Gasteiger partial charge in [-0.1, -0.05) is 51.2 Å². The van der Waals surface area contributed by atoms with Crippen LogP contribution in [0.3, 0.4) is 0 Å². The summed E-state index contributed by atoms with van der Waals surface area (Å²) >= 11 is 0. The average Bonchev–Trinajstić information content (AvgIpc) is 3.49. The minimum atomic E-state index is -0.400. The summed E-state index contributed by atoms with van der Waals surface area (Å²) in [4.78, 5) is 0. The van der Waals surface area contributed by atoms with Gasteiger partial charge in [0.15, 0.2) is 0 Å². The molecular weight excluding hydrogens is 372 g/mol. The van der Waals surface area contributed by atoms with Crippen LogP contribution in [-0.4, -0.2) is 33.6 Å². The summed E-state index contributed by atoms with van der Waals surface area (Å²) in [5, 5.41) is 30.6. The van der Waals surface area contributed by atoms with Crippen molar-refractivity contribution in [2.24, 2.45) is 40.9 Å². The summed E-state index contributed by atoms with van der Waals surface area (Å²) in [5.41, 5.74) is 1.79. The second kappa shape index (κ2) is 8.92. The Morgan fingerprint density at radius 1 is 1.10 bits per heavy atom. The van der Waals surface area contributed by atoms with Gasteiger partial charge < -0.3 is 15.3 Å². The smallest absolute Gasteiger partial charge is 0.0749 e. The minimum absolute atomic E-state index is 0.208. The number of hydrogen-bond donors (Lipinski definition) is 3. The lowest BCUT2D eigenvalue weighted by Gasteiger charge is -2.42. The Morgan fingerprint density at radius 2 is 1.87 bits per heavy atom. The molecule has 4 rings (SSSR count). The number of hydrogen-bond acceptors (Lipinski definition) is 3. The minimum Gasteiger partial charge on any atom is -0.393 e. The molecule has 3 nitrogen and oxygen atoms in total. The molecule has 30 heavy (non-hydrogen) atoms. The first-order valence-corrected chi connectivity index (χ1v) is 12.4. The Balaban J connectivity index is 1.43. The van der Waals surface area contributed by atoms with Crippen molar-refractivity contribution in [3.8, 4) is 0 Å². The summed E-state index contributed by atoms with van der Waals surface area (Å²) in [5.74, 6) is 2.74. The highest BCUT2D eigenvalue weighted by Crippen LogP contribution is 2.58. The quantitative estimate of drug-likeness (QED) is 0.535. The van der Waals surface area contributed by atoms with E-state index in [1.807, 2.05) is 0 Å². The molecule has 0 aromatic carbocycles. The molecule has 168 valence electrons. The van der Waals surface area contributed by atoms with E-state index in [-0.39, 0.29) is 24.0 Å². The van der Waals surface area contributed by atoms with Crippen molar-refractivity contribution < 1.29 is 15.3 Å². The van der Waals surface area contributed by atoms with Gasteiger partial charge in [-0.25, -0.2) is 0 Å². The molecule has 0 saturated heterocycles. The molecule has 0 bridgehead atoms. The van der Waals surface area contributed by atoms with Crippen molar-refractivity contribution in [1.29, 1.82) is 0 Å². The molecule has 0 heterocycles. The largest absolute Gasteiger partial charge is 0.393 e. The van der Waals surface area contributed by atoms with Crippen LogP contribution in [0, 0.1) is 40.9 Å². The van der Waals surface area contributed by atoms with E-state index >= 15 is 0 Å². The Hall–Kier alpha value is -0.900. The van der Waals surface area contributed by atoms with Crippen LogP contribution in [0.5, 0.6) is 0 Å². The molecule has 9 atom stereocenters. The first-order chi connectivity index (χ1) is 14.3. The molecule has 0 aromatic rings. The molecule has 4 aliphatic carbocycles. The zero-order valence-electron chi connectivity index (χ0n) is 19.1. The second-order valence-electron chi connectivity index (χ2n) is 11.1. The molecule has 4 aliphatic rings. The molecule has 0 amide bonds. The highest BCUT2D eigenvalue weighted by Gasteiger charge is 2.49. The molecule has 0 spiro atoms. The highest BCUT2D eigenvalue weighted by atomic mass is 16.3. The molecule has 0 aromatic heterocycles. The predicted octanol–water partition coefficient (Wildman–Crippen LogP) is 5.03. The van der Waals surface area contributed by atoms with Crippen molar-refractivity contribution in [2.75, 3.05) is 0 Å². The monoisotopic (exact) mass is 414 g/mol. The summed E-state index contributed by atoms with van der Waals surface area (Å²) in [7, 11) is 0. The Kier molecular flexibility index (Phi) is 6.63. The lowest BCUT2D eigenvalue weighted by atomic mass is 9.62. The van der Waals surface area contributed by atoms with Gasteiger partial charge in [0.2, 0.25) is 0 Å². The van der Waals surface area contributed by atoms with E-state index in [2.05, 4.69) is 51.2 Å². The highest BCUT2D eigenvalue weighted by molar-refractivity contribution is 5.30. The van der Waals surface area contributed by atoms with Crippen LogP contribution in [0.1, 0.15) is 72.1 Å². The van der Waals surface area contributed by atoms with Gasteiger partial charge in [0.25, 0.3) is 0 Å². The van der Waals surface area contributed by atoms with E-state index in [0.29, 0.717) is 35.5 Å². The van der Waals surface area contributed by atoms with Gasteiger partial charge in [0.1, 0.15) is 0 Å². The van der Waals surface area contributed by atoms with Crippen LogP contribution in [0.25, 0.3) is 0 Å². The first-order valence-electron chi connectivity index (χ1n) is 12.4. The van der Waals surface area contributed by atoms with Gasteiger partial charge in [-0.3, -0.25) is 0 Å². The number of aliphatic hydroxyl groups excluding tert-OH is 3. The van der Waals surface area contributed by atoms with E-state index in [1.54, 1.807) is 0 Å². The van der Waals surface area contributed by atoms with Crippen molar-refractivity contribution in [2.45, 2.75) is 90.4 Å². The fraction of sp³-hybridized carbons (Fsp3) is 0.778. The SMILES string of the molecule is CC1C(/C=C\C2=CCC[C@]3(C)[C@@H]([C@H](C)/C=C/[C@@H](O)C4CC4)CC[C@@H]23)C[C@@H](O)C[C@@H]1O. The summed E-state index contributed by atoms with van der Waals surface area (Å²) in [6.07, 6.45) is 18.9. The second-order valence-corrected chi connectivity index (χ2v) is 11.1. The van der Waals surface area contributed by atoms with Crippen molar-refractivity contribution in [3.63, 3.8) is 0 Å². The van der Waals surface area contributed by atoms with Gasteiger partial charge >= 0.3 is 0 Å². The fourth-order valence-electron chi connectivity index (χ4n) is 6.82. The average molecular weight is 415 g/mol. The van der Waals surface area contributed by atoms with Crippen molar-refractivity contribution >= 4 is 0 Å². The molecular formula is C27H42O3. The maximum atomic E-state index is 10.2. The Morgan fingerprint density at radius 3 is 2.60 bits per heavy atom. The Labute approximate surface area is 183 Å². The summed E-state index contributed by atoms with van der Waals surface area (Å²) in [6, 6.07) is 0. The molecule has 2 unspecified atom stereocenters. The van der Waals surface area contributed by atoms with Crippen LogP contribution in [0.4, 0.5) is 0 Å². The molecule has 3 fully saturated rings. The lowest BCUT2D eigenvalue weighted by Crippen LogP contribution is -2.36. The van der Waals surface area contributed by atoms with Crippen LogP contribution in [-0.2, 0) is 0 Å². The first kappa shape index (κ1) is 22.3. The van der Waals surface area contributed by atoms with E-state index in [1.165, 1.54) is 37.7 Å². The third kappa shape index (κ3) is 4.49. The van der Waals surface area contributed by atoms with Gasteiger partial charge in [0, 0.05) is 0 Å². The van der Waals surface area contributed by atoms with Crippen LogP contribution >= 0.6 is 0 Å². The van der Waals surface area contributed by atoms with Gasteiger partial charge in [0.05, 0.1) is 18.3 Å². The maximum absolute atomic E-state index is 10.2. The van der Waals surface area contributed by atoms with Gasteiger partial charge in [-0.05, 0) is 97.9 Å². The zero-order valence-corrected chi connectivity index (χ0v) is 19.1. The molecule has 3 N–H and O–H groups in total. The third-order valence-corrected chi connectivity index (χ3v) is 9.10. The number of fused-ring (bicyclic) bond motifs is 1. The molecule has 3 heteroatoms. The van der Waals surface area contributed by atoms with Gasteiger partial charge in [-0.15, -0.1) is 0 Å². The predicted molar refractivity (Wildman–Crippen MR) is 122 cm³/mol. The maximum Gasteiger partial charge on any atom is 0.0749 e. The van der Waals surface area contributed by atoms with E-state index in [9.17, 15) is 15.3 Å². The van der Waals surface area contributed by atoms with E-state index in [4.69, 9.17) is 0 Å². The molecule has 3 saturated carbocycles. The van der Waals surface area contributed by atoms with Crippen LogP contribution in [0.15, 0.2) is 36.0 Å². The standard InChI is InChI=1S/C27H42O3/c1-17(6-13-25(29)20-8-9-20)23-11-12-24-19(5-4-14-27(23,24)3)7-10-21-15-22(28)16-26(30)18(21)2/h5-7,10,13,17-18,20-26,28-30H,4,8-9,11-12,14-16H2,1-3H3/b10-7-,13-6+/t17-,18?,21?,22-,23-,24+,25-,26+,27-/m1/s1. The van der Waals surface area contributed by atoms with Crippen molar-refractivity contribution in [3.05, 3.63) is 36.0 Å². The normalized spacial score (nSPS) is 44.3. The Bertz CT molecular complexity index is 690. The number of aliphatic hydroxyl groups is 3. The number of allylic oxidation sites excluding steroid dienone is 5. The molecule has 0 aliphatic heterocycles. The van der Waals surface area contributed by atoms with E-state index < -0.39 is 6.10 Å². The topological polar surface area (TPSA) is 60.7 Å². The lowest BCUT2D eigenvalue weighted by molar-refractivity contribution is -0.0129. The fourth-order valence-corrected chi connectivity index (χ4v) is 6.82. The number of rotatable bonds is 6. The third-order valence-electron chi connectivity index (χ3n) is 9.10.